The number of carbonyl (C=O) groups excluding carboxylic acids is 1. The lowest BCUT2D eigenvalue weighted by Crippen LogP contribution is -2.38. The summed E-state index contributed by atoms with van der Waals surface area (Å²) < 4.78 is 119. The highest BCUT2D eigenvalue weighted by atomic mass is 19.4. The number of hydrogen-bond acceptors (Lipinski definition) is 3. The number of rotatable bonds is 4. The van der Waals surface area contributed by atoms with Crippen LogP contribution in [-0.2, 0) is 18.5 Å². The number of aryl methyl sites for hydroxylation is 1. The zero-order valence-electron chi connectivity index (χ0n) is 13.1. The molecule has 3 nitrogen and oxygen atoms in total. The number of allylic oxidation sites excluding steroid dienone is 2. The van der Waals surface area contributed by atoms with Crippen molar-refractivity contribution >= 4 is 5.78 Å². The summed E-state index contributed by atoms with van der Waals surface area (Å²) in [5, 5.41) is 0. The topological polar surface area (TPSA) is 56.0 Å². The van der Waals surface area contributed by atoms with Gasteiger partial charge in [-0.3, -0.25) is 4.79 Å². The van der Waals surface area contributed by atoms with Crippen LogP contribution in [0.2, 0.25) is 0 Å². The van der Waals surface area contributed by atoms with Crippen LogP contribution in [0.15, 0.2) is 11.8 Å². The van der Waals surface area contributed by atoms with E-state index in [4.69, 9.17) is 5.73 Å². The van der Waals surface area contributed by atoms with Gasteiger partial charge in [-0.2, -0.15) is 39.5 Å². The molecule has 0 unspecified atom stereocenters. The molecular formula is C14H11F9N2O. The molecule has 0 aromatic carbocycles. The molecule has 146 valence electrons. The van der Waals surface area contributed by atoms with Gasteiger partial charge >= 0.3 is 18.3 Å². The Kier molecular flexibility index (Phi) is 5.69. The quantitative estimate of drug-likeness (QED) is 0.354. The van der Waals surface area contributed by atoms with Gasteiger partial charge in [-0.1, -0.05) is 6.92 Å². The van der Waals surface area contributed by atoms with E-state index >= 15 is 0 Å². The molecule has 0 radical (unpaired) electrons. The summed E-state index contributed by atoms with van der Waals surface area (Å²) in [6, 6.07) is 0. The molecule has 0 aliphatic rings. The van der Waals surface area contributed by atoms with E-state index in [1.807, 2.05) is 0 Å². The van der Waals surface area contributed by atoms with E-state index in [-0.39, 0.29) is 5.70 Å². The van der Waals surface area contributed by atoms with Crippen LogP contribution < -0.4 is 5.73 Å². The number of aromatic nitrogens is 1. The molecule has 26 heavy (non-hydrogen) atoms. The Labute approximate surface area is 140 Å². The van der Waals surface area contributed by atoms with Gasteiger partial charge in [0.15, 0.2) is 5.78 Å². The minimum absolute atomic E-state index is 0.351. The fraction of sp³-hybridized carbons (Fsp3) is 0.429. The van der Waals surface area contributed by atoms with E-state index in [1.54, 1.807) is 0 Å². The van der Waals surface area contributed by atoms with Crippen molar-refractivity contribution in [3.05, 3.63) is 40.1 Å². The monoisotopic (exact) mass is 394 g/mol. The second kappa shape index (κ2) is 6.80. The Balaban J connectivity index is 4.18. The van der Waals surface area contributed by atoms with Crippen molar-refractivity contribution in [3.63, 3.8) is 0 Å². The van der Waals surface area contributed by atoms with Crippen molar-refractivity contribution < 1.29 is 44.3 Å². The van der Waals surface area contributed by atoms with Gasteiger partial charge in [-0.05, 0) is 13.3 Å². The first-order valence-corrected chi connectivity index (χ1v) is 6.78. The lowest BCUT2D eigenvalue weighted by atomic mass is 9.90. The van der Waals surface area contributed by atoms with E-state index in [0.717, 1.165) is 13.8 Å². The summed E-state index contributed by atoms with van der Waals surface area (Å²) in [5.41, 5.74) is -3.70. The maximum Gasteiger partial charge on any atom is 0.458 e. The van der Waals surface area contributed by atoms with Crippen LogP contribution >= 0.6 is 0 Å². The average Bonchev–Trinajstić information content (AvgIpc) is 2.42. The highest BCUT2D eigenvalue weighted by Crippen LogP contribution is 2.50. The number of ketones is 1. The lowest BCUT2D eigenvalue weighted by molar-refractivity contribution is -0.291. The minimum atomic E-state index is -6.53. The normalized spacial score (nSPS) is 13.9. The molecule has 12 heteroatoms. The van der Waals surface area contributed by atoms with Gasteiger partial charge in [-0.25, -0.2) is 4.98 Å². The third-order valence-corrected chi connectivity index (χ3v) is 3.12. The van der Waals surface area contributed by atoms with Crippen molar-refractivity contribution in [2.24, 2.45) is 5.73 Å². The van der Waals surface area contributed by atoms with E-state index in [0.29, 0.717) is 6.08 Å². The Bertz CT molecular complexity index is 744. The molecule has 0 spiro atoms. The van der Waals surface area contributed by atoms with Crippen LogP contribution in [0.3, 0.4) is 0 Å². The molecule has 0 amide bonds. The largest absolute Gasteiger partial charge is 0.458 e. The average molecular weight is 394 g/mol. The summed E-state index contributed by atoms with van der Waals surface area (Å²) >= 11 is 0. The highest BCUT2D eigenvalue weighted by molar-refractivity contribution is 6.07. The molecule has 1 aromatic heterocycles. The Morgan fingerprint density at radius 1 is 1.08 bits per heavy atom. The lowest BCUT2D eigenvalue weighted by Gasteiger charge is -2.26. The molecule has 1 rings (SSSR count). The molecule has 0 aliphatic heterocycles. The van der Waals surface area contributed by atoms with Crippen LogP contribution in [0.4, 0.5) is 39.5 Å². The maximum absolute atomic E-state index is 13.9. The summed E-state index contributed by atoms with van der Waals surface area (Å²) in [6.07, 6.45) is -12.7. The first-order valence-electron chi connectivity index (χ1n) is 6.78. The SMILES string of the molecule is CCc1nc(F)c(C(F)(F)F)c(C(F)(F)C(F)(F)F)c1C(=O)/C=C(/C)N. The second-order valence-electron chi connectivity index (χ2n) is 5.15. The Morgan fingerprint density at radius 3 is 1.92 bits per heavy atom. The number of halogens is 9. The van der Waals surface area contributed by atoms with Gasteiger partial charge in [0, 0.05) is 11.8 Å². The number of carbonyl (C=O) groups is 1. The number of nitrogens with two attached hydrogens (primary N) is 1. The van der Waals surface area contributed by atoms with Crippen molar-refractivity contribution in [2.75, 3.05) is 0 Å². The predicted octanol–water partition coefficient (Wildman–Crippen LogP) is 4.50. The number of hydrogen-bond donors (Lipinski definition) is 1. The van der Waals surface area contributed by atoms with Crippen LogP contribution in [0, 0.1) is 5.95 Å². The standard InChI is InChI=1S/C14H11F9N2O/c1-3-6-8(7(26)4-5(2)24)9(12(16,17)14(21,22)23)10(11(15)25-6)13(18,19)20/h4H,3,24H2,1-2H3/b5-4-. The molecule has 1 heterocycles. The molecule has 0 fully saturated rings. The van der Waals surface area contributed by atoms with Crippen LogP contribution in [0.5, 0.6) is 0 Å². The van der Waals surface area contributed by atoms with Crippen molar-refractivity contribution in [2.45, 2.75) is 38.5 Å². The van der Waals surface area contributed by atoms with Gasteiger partial charge in [0.25, 0.3) is 0 Å². The van der Waals surface area contributed by atoms with Gasteiger partial charge in [0.05, 0.1) is 16.8 Å². The van der Waals surface area contributed by atoms with Crippen molar-refractivity contribution in [1.29, 1.82) is 0 Å². The number of pyridine rings is 1. The van der Waals surface area contributed by atoms with Crippen LogP contribution in [0.1, 0.15) is 41.0 Å². The van der Waals surface area contributed by atoms with Gasteiger partial charge in [0.1, 0.15) is 5.56 Å². The Hall–Kier alpha value is -2.27. The fourth-order valence-electron chi connectivity index (χ4n) is 2.12. The molecule has 0 saturated heterocycles. The number of nitrogens with zero attached hydrogens (tertiary/aromatic N) is 1. The smallest absolute Gasteiger partial charge is 0.402 e. The first kappa shape index (κ1) is 21.8. The maximum atomic E-state index is 13.9. The van der Waals surface area contributed by atoms with Gasteiger partial charge in [-0.15, -0.1) is 0 Å². The van der Waals surface area contributed by atoms with Crippen LogP contribution in [-0.4, -0.2) is 16.9 Å². The molecule has 0 aliphatic carbocycles. The highest BCUT2D eigenvalue weighted by Gasteiger charge is 2.63. The fourth-order valence-corrected chi connectivity index (χ4v) is 2.12. The van der Waals surface area contributed by atoms with Crippen LogP contribution in [0.25, 0.3) is 0 Å². The molecule has 1 aromatic rings. The summed E-state index contributed by atoms with van der Waals surface area (Å²) in [6.45, 7) is 2.13. The zero-order chi connectivity index (χ0) is 20.7. The van der Waals surface area contributed by atoms with E-state index in [1.165, 1.54) is 0 Å². The molecular weight excluding hydrogens is 383 g/mol. The van der Waals surface area contributed by atoms with Gasteiger partial charge < -0.3 is 5.73 Å². The second-order valence-corrected chi connectivity index (χ2v) is 5.15. The van der Waals surface area contributed by atoms with E-state index in [9.17, 15) is 44.3 Å². The summed E-state index contributed by atoms with van der Waals surface area (Å²) in [5.74, 6) is -10.4. The predicted molar refractivity (Wildman–Crippen MR) is 70.8 cm³/mol. The van der Waals surface area contributed by atoms with Crippen molar-refractivity contribution in [1.82, 2.24) is 4.98 Å². The van der Waals surface area contributed by atoms with E-state index < -0.39 is 58.8 Å². The van der Waals surface area contributed by atoms with E-state index in [2.05, 4.69) is 4.98 Å². The van der Waals surface area contributed by atoms with Gasteiger partial charge in [0.2, 0.25) is 5.95 Å². The third kappa shape index (κ3) is 3.93. The number of alkyl halides is 8. The molecule has 2 N–H and O–H groups in total. The first-order chi connectivity index (χ1) is 11.6. The van der Waals surface area contributed by atoms with Crippen molar-refractivity contribution in [3.8, 4) is 0 Å². The third-order valence-electron chi connectivity index (χ3n) is 3.12. The minimum Gasteiger partial charge on any atom is -0.402 e. The molecule has 0 atom stereocenters. The molecule has 0 bridgehead atoms. The Morgan fingerprint density at radius 2 is 1.58 bits per heavy atom. The molecule has 0 saturated carbocycles. The zero-order valence-corrected chi connectivity index (χ0v) is 13.1. The summed E-state index contributed by atoms with van der Waals surface area (Å²) in [7, 11) is 0. The summed E-state index contributed by atoms with van der Waals surface area (Å²) in [4.78, 5) is 14.8.